The van der Waals surface area contributed by atoms with Gasteiger partial charge in [0.1, 0.15) is 12.2 Å². The van der Waals surface area contributed by atoms with Gasteiger partial charge in [-0.3, -0.25) is 0 Å². The molecule has 232 valence electrons. The van der Waals surface area contributed by atoms with E-state index < -0.39 is 24.9 Å². The minimum absolute atomic E-state index is 0.383. The van der Waals surface area contributed by atoms with Gasteiger partial charge in [-0.25, -0.2) is 0 Å². The number of hydrogen-bond acceptors (Lipinski definition) is 4. The first-order valence-electron chi connectivity index (χ1n) is 17.2. The minimum atomic E-state index is -1.27. The molecule has 4 N–H and O–H groups in total. The third-order valence-corrected chi connectivity index (χ3v) is 15.7. The SMILES string of the molecule is C[C@H](CCC(O)C(O)C(O)CO)[C@H]1CC[C@]2(C)[C@H]3[C@@H](C)C[C@@H]4[C@@]5(C)CCCC(C)(C)[C@@H]5CC[C@@]4(C)[C@]3(C)CC[C@@H]12. The first-order chi connectivity index (χ1) is 18.6. The molecule has 0 bridgehead atoms. The summed E-state index contributed by atoms with van der Waals surface area (Å²) in [5.41, 5.74) is 2.17. The van der Waals surface area contributed by atoms with E-state index in [0.717, 1.165) is 36.0 Å². The Labute approximate surface area is 246 Å². The van der Waals surface area contributed by atoms with Crippen LogP contribution < -0.4 is 0 Å². The van der Waals surface area contributed by atoms with Crippen molar-refractivity contribution < 1.29 is 20.4 Å². The van der Waals surface area contributed by atoms with Crippen molar-refractivity contribution in [2.75, 3.05) is 6.61 Å². The van der Waals surface area contributed by atoms with Gasteiger partial charge in [0.25, 0.3) is 0 Å². The summed E-state index contributed by atoms with van der Waals surface area (Å²) in [5.74, 6) is 5.16. The fourth-order valence-corrected chi connectivity index (χ4v) is 13.8. The summed E-state index contributed by atoms with van der Waals surface area (Å²) in [4.78, 5) is 0. The van der Waals surface area contributed by atoms with Gasteiger partial charge in [-0.2, -0.15) is 0 Å². The molecule has 4 heteroatoms. The second-order valence-electron chi connectivity index (χ2n) is 17.7. The average Bonchev–Trinajstić information content (AvgIpc) is 3.23. The largest absolute Gasteiger partial charge is 0.394 e. The van der Waals surface area contributed by atoms with Gasteiger partial charge in [0, 0.05) is 0 Å². The van der Waals surface area contributed by atoms with Gasteiger partial charge in [-0.15, -0.1) is 0 Å². The maximum Gasteiger partial charge on any atom is 0.108 e. The van der Waals surface area contributed by atoms with Crippen molar-refractivity contribution in [1.82, 2.24) is 0 Å². The van der Waals surface area contributed by atoms with Crippen LogP contribution in [0.4, 0.5) is 0 Å². The lowest BCUT2D eigenvalue weighted by Crippen LogP contribution is -2.67. The molecule has 0 aromatic carbocycles. The Bertz CT molecular complexity index is 918. The third-order valence-electron chi connectivity index (χ3n) is 15.7. The molecule has 4 nitrogen and oxygen atoms in total. The zero-order chi connectivity index (χ0) is 29.5. The molecule has 5 rings (SSSR count). The Morgan fingerprint density at radius 1 is 0.725 bits per heavy atom. The fourth-order valence-electron chi connectivity index (χ4n) is 13.8. The molecule has 14 atom stereocenters. The van der Waals surface area contributed by atoms with Crippen LogP contribution in [0.25, 0.3) is 0 Å². The van der Waals surface area contributed by atoms with Crippen LogP contribution in [0.3, 0.4) is 0 Å². The van der Waals surface area contributed by atoms with Crippen LogP contribution >= 0.6 is 0 Å². The molecule has 0 aromatic rings. The predicted octanol–water partition coefficient (Wildman–Crippen LogP) is 7.22. The summed E-state index contributed by atoms with van der Waals surface area (Å²) in [6.45, 7) is 20.5. The van der Waals surface area contributed by atoms with Crippen molar-refractivity contribution in [3.8, 4) is 0 Å². The Hall–Kier alpha value is -0.160. The maximum absolute atomic E-state index is 10.5. The summed E-state index contributed by atoms with van der Waals surface area (Å²) in [6.07, 6.45) is 11.6. The Morgan fingerprint density at radius 2 is 1.40 bits per heavy atom. The molecule has 0 radical (unpaired) electrons. The van der Waals surface area contributed by atoms with Crippen molar-refractivity contribution >= 4 is 0 Å². The number of hydrogen-bond donors (Lipinski definition) is 4. The van der Waals surface area contributed by atoms with Gasteiger partial charge in [-0.05, 0) is 139 Å². The van der Waals surface area contributed by atoms with E-state index in [-0.39, 0.29) is 0 Å². The lowest BCUT2D eigenvalue weighted by Gasteiger charge is -2.74. The molecular weight excluding hydrogens is 496 g/mol. The molecular formula is C36H64O4. The highest BCUT2D eigenvalue weighted by Crippen LogP contribution is 2.79. The van der Waals surface area contributed by atoms with Crippen LogP contribution in [0.5, 0.6) is 0 Å². The van der Waals surface area contributed by atoms with Gasteiger partial charge >= 0.3 is 0 Å². The highest BCUT2D eigenvalue weighted by Gasteiger charge is 2.71. The highest BCUT2D eigenvalue weighted by atomic mass is 16.4. The van der Waals surface area contributed by atoms with E-state index in [1.165, 1.54) is 64.2 Å². The van der Waals surface area contributed by atoms with Gasteiger partial charge in [0.05, 0.1) is 12.7 Å². The lowest BCUT2D eigenvalue weighted by atomic mass is 9.30. The van der Waals surface area contributed by atoms with Crippen molar-refractivity contribution in [3.05, 3.63) is 0 Å². The first kappa shape index (κ1) is 31.3. The van der Waals surface area contributed by atoms with Gasteiger partial charge in [-0.1, -0.05) is 61.8 Å². The molecule has 40 heavy (non-hydrogen) atoms. The van der Waals surface area contributed by atoms with Gasteiger partial charge in [0.2, 0.25) is 0 Å². The Balaban J connectivity index is 1.36. The molecule has 0 aromatic heterocycles. The zero-order valence-corrected chi connectivity index (χ0v) is 27.3. The highest BCUT2D eigenvalue weighted by molar-refractivity contribution is 5.20. The van der Waals surface area contributed by atoms with E-state index >= 15 is 0 Å². The van der Waals surface area contributed by atoms with Crippen LogP contribution in [-0.4, -0.2) is 45.3 Å². The van der Waals surface area contributed by atoms with Crippen molar-refractivity contribution in [1.29, 1.82) is 0 Å². The van der Waals surface area contributed by atoms with E-state index in [4.69, 9.17) is 5.11 Å². The molecule has 3 unspecified atom stereocenters. The second kappa shape index (κ2) is 10.5. The van der Waals surface area contributed by atoms with Gasteiger partial charge in [0.15, 0.2) is 0 Å². The monoisotopic (exact) mass is 560 g/mol. The molecule has 5 aliphatic carbocycles. The van der Waals surface area contributed by atoms with Crippen LogP contribution in [0.15, 0.2) is 0 Å². The normalized spacial score (nSPS) is 51.0. The summed E-state index contributed by atoms with van der Waals surface area (Å²) in [5, 5.41) is 39.6. The van der Waals surface area contributed by atoms with Crippen LogP contribution in [0, 0.1) is 68.5 Å². The summed E-state index contributed by atoms with van der Waals surface area (Å²) in [6, 6.07) is 0. The topological polar surface area (TPSA) is 80.9 Å². The standard InChI is InChI=1S/C36H64O4/c1-22(10-11-26(38)30(40)27(39)21-37)24-12-17-33(5)25(24)13-18-36(8)31(33)23(2)20-29-34(6)16-9-15-32(3,4)28(34)14-19-35(29,36)7/h22-31,37-40H,9-21H2,1-8H3/t22-,23+,24-,25+,26?,27?,28+,29-,30?,31-,33+,34+,35-,36-/m1/s1. The van der Waals surface area contributed by atoms with Crippen molar-refractivity contribution in [3.63, 3.8) is 0 Å². The van der Waals surface area contributed by atoms with Gasteiger partial charge < -0.3 is 20.4 Å². The molecule has 0 saturated heterocycles. The number of aliphatic hydroxyl groups is 4. The summed E-state index contributed by atoms with van der Waals surface area (Å²) >= 11 is 0. The van der Waals surface area contributed by atoms with Crippen molar-refractivity contribution in [2.24, 2.45) is 68.5 Å². The lowest BCUT2D eigenvalue weighted by molar-refractivity contribution is -0.257. The molecule has 0 amide bonds. The van der Waals surface area contributed by atoms with E-state index in [1.54, 1.807) is 0 Å². The second-order valence-corrected chi connectivity index (χ2v) is 17.7. The zero-order valence-electron chi connectivity index (χ0n) is 27.3. The average molecular weight is 561 g/mol. The predicted molar refractivity (Wildman–Crippen MR) is 162 cm³/mol. The molecule has 0 aliphatic heterocycles. The van der Waals surface area contributed by atoms with E-state index in [2.05, 4.69) is 55.4 Å². The molecule has 0 heterocycles. The quantitative estimate of drug-likeness (QED) is 0.265. The summed E-state index contributed by atoms with van der Waals surface area (Å²) in [7, 11) is 0. The first-order valence-corrected chi connectivity index (χ1v) is 17.2. The van der Waals surface area contributed by atoms with E-state index in [1.807, 2.05) is 0 Å². The Kier molecular flexibility index (Phi) is 8.19. The minimum Gasteiger partial charge on any atom is -0.394 e. The molecule has 0 spiro atoms. The van der Waals surface area contributed by atoms with E-state index in [0.29, 0.717) is 45.3 Å². The fraction of sp³-hybridized carbons (Fsp3) is 1.00. The third kappa shape index (κ3) is 4.42. The molecule has 5 saturated carbocycles. The van der Waals surface area contributed by atoms with Crippen molar-refractivity contribution in [2.45, 2.75) is 151 Å². The van der Waals surface area contributed by atoms with Crippen LogP contribution in [0.2, 0.25) is 0 Å². The van der Waals surface area contributed by atoms with E-state index in [9.17, 15) is 15.3 Å². The Morgan fingerprint density at radius 3 is 2.08 bits per heavy atom. The molecule has 5 fully saturated rings. The number of aliphatic hydroxyl groups excluding tert-OH is 4. The van der Waals surface area contributed by atoms with Crippen LogP contribution in [0.1, 0.15) is 132 Å². The smallest absolute Gasteiger partial charge is 0.108 e. The summed E-state index contributed by atoms with van der Waals surface area (Å²) < 4.78 is 0. The molecule has 5 aliphatic rings. The number of rotatable bonds is 7. The maximum atomic E-state index is 10.5. The van der Waals surface area contributed by atoms with Crippen LogP contribution in [-0.2, 0) is 0 Å². The number of fused-ring (bicyclic) bond motifs is 7.